The van der Waals surface area contributed by atoms with E-state index >= 15 is 0 Å². The van der Waals surface area contributed by atoms with Gasteiger partial charge in [0.25, 0.3) is 5.91 Å². The molecule has 1 amide bonds. The molecule has 3 rings (SSSR count). The van der Waals surface area contributed by atoms with Crippen LogP contribution in [-0.2, 0) is 4.79 Å². The highest BCUT2D eigenvalue weighted by Gasteiger charge is 2.25. The van der Waals surface area contributed by atoms with Crippen molar-refractivity contribution in [2.24, 2.45) is 10.7 Å². The van der Waals surface area contributed by atoms with Crippen molar-refractivity contribution < 1.29 is 4.79 Å². The summed E-state index contributed by atoms with van der Waals surface area (Å²) in [6, 6.07) is 1.71. The number of carbonyl (C=O) groups is 1. The van der Waals surface area contributed by atoms with Gasteiger partial charge >= 0.3 is 0 Å². The number of nitrogens with one attached hydrogen (secondary N) is 4. The van der Waals surface area contributed by atoms with Crippen molar-refractivity contribution in [3.63, 3.8) is 0 Å². The summed E-state index contributed by atoms with van der Waals surface area (Å²) in [6.07, 6.45) is 3.28. The fourth-order valence-corrected chi connectivity index (χ4v) is 2.94. The molecule has 2 aliphatic rings. The summed E-state index contributed by atoms with van der Waals surface area (Å²) in [5.41, 5.74) is 6.75. The van der Waals surface area contributed by atoms with Crippen LogP contribution in [0.4, 0.5) is 5.82 Å². The number of carbonyl (C=O) groups excluding carboxylic acids is 1. The summed E-state index contributed by atoms with van der Waals surface area (Å²) in [5, 5.41) is 9.16. The highest BCUT2D eigenvalue weighted by Crippen LogP contribution is 2.22. The fourth-order valence-electron chi connectivity index (χ4n) is 2.15. The molecule has 6 N–H and O–H groups in total. The lowest BCUT2D eigenvalue weighted by atomic mass is 10.2. The van der Waals surface area contributed by atoms with E-state index in [-0.39, 0.29) is 18.1 Å². The normalized spacial score (nSPS) is 22.1. The van der Waals surface area contributed by atoms with Gasteiger partial charge in [-0.25, -0.2) is 4.99 Å². The van der Waals surface area contributed by atoms with Gasteiger partial charge in [0.15, 0.2) is 0 Å². The van der Waals surface area contributed by atoms with Crippen LogP contribution in [0.1, 0.15) is 12.5 Å². The third-order valence-corrected chi connectivity index (χ3v) is 4.28. The van der Waals surface area contributed by atoms with E-state index in [4.69, 9.17) is 5.73 Å². The summed E-state index contributed by atoms with van der Waals surface area (Å²) in [7, 11) is 0. The van der Waals surface area contributed by atoms with Gasteiger partial charge in [0.05, 0.1) is 10.5 Å². The molecule has 2 aliphatic heterocycles. The number of fused-ring (bicyclic) bond motifs is 1. The first-order chi connectivity index (χ1) is 10.1. The number of aromatic nitrogens is 1. The average molecular weight is 306 g/mol. The molecule has 0 saturated heterocycles. The maximum absolute atomic E-state index is 12.3. The van der Waals surface area contributed by atoms with Crippen LogP contribution in [0, 0.1) is 0 Å². The van der Waals surface area contributed by atoms with Gasteiger partial charge in [0.1, 0.15) is 17.8 Å². The number of aliphatic imine (C=N–C) groups is 1. The largest absolute Gasteiger partial charge is 0.389 e. The van der Waals surface area contributed by atoms with Crippen LogP contribution < -0.4 is 21.7 Å². The molecule has 7 nitrogen and oxygen atoms in total. The van der Waals surface area contributed by atoms with E-state index in [2.05, 4.69) is 25.9 Å². The van der Waals surface area contributed by atoms with E-state index in [0.717, 1.165) is 23.7 Å². The van der Waals surface area contributed by atoms with Crippen molar-refractivity contribution >= 4 is 29.3 Å². The van der Waals surface area contributed by atoms with Gasteiger partial charge in [-0.3, -0.25) is 4.79 Å². The second-order valence-corrected chi connectivity index (χ2v) is 6.09. The Kier molecular flexibility index (Phi) is 3.89. The third-order valence-electron chi connectivity index (χ3n) is 3.25. The highest BCUT2D eigenvalue weighted by molar-refractivity contribution is 8.04. The quantitative estimate of drug-likeness (QED) is 0.535. The molecule has 3 heterocycles. The SMILES string of the molecule is C[C@H](N)[C@@H]1N=C(NC(=O)C2=CNCCS2)c2cc[nH]c2N1. The molecule has 8 heteroatoms. The number of H-pyrrole nitrogens is 1. The molecule has 0 radical (unpaired) electrons. The first-order valence-electron chi connectivity index (χ1n) is 6.80. The standard InChI is InChI=1S/C13H18N6OS/c1-7(14)10-17-11-8(2-3-16-11)12(18-10)19-13(20)9-6-15-4-5-21-9/h2-3,6-7,10,15-17H,4-5,14H2,1H3,(H,18,19,20)/t7-,10-/m0/s1. The zero-order valence-electron chi connectivity index (χ0n) is 11.6. The van der Waals surface area contributed by atoms with Crippen LogP contribution in [-0.4, -0.2) is 41.2 Å². The number of hydrogen-bond acceptors (Lipinski definition) is 6. The van der Waals surface area contributed by atoms with E-state index in [9.17, 15) is 4.79 Å². The summed E-state index contributed by atoms with van der Waals surface area (Å²) < 4.78 is 0. The molecule has 0 bridgehead atoms. The number of amides is 1. The Bertz CT molecular complexity index is 606. The maximum atomic E-state index is 12.3. The summed E-state index contributed by atoms with van der Waals surface area (Å²) in [5.74, 6) is 2.10. The van der Waals surface area contributed by atoms with Crippen molar-refractivity contribution in [1.29, 1.82) is 0 Å². The zero-order chi connectivity index (χ0) is 14.8. The Hall–Kier alpha value is -1.93. The van der Waals surface area contributed by atoms with Crippen LogP contribution >= 0.6 is 11.8 Å². The fraction of sp³-hybridized carbons (Fsp3) is 0.385. The van der Waals surface area contributed by atoms with Crippen LogP contribution in [0.5, 0.6) is 0 Å². The molecule has 0 spiro atoms. The number of thioether (sulfide) groups is 1. The Labute approximate surface area is 126 Å². The number of anilines is 1. The molecule has 0 aromatic carbocycles. The smallest absolute Gasteiger partial charge is 0.264 e. The minimum absolute atomic E-state index is 0.150. The number of nitrogens with zero attached hydrogens (tertiary/aromatic N) is 1. The summed E-state index contributed by atoms with van der Waals surface area (Å²) >= 11 is 1.53. The summed E-state index contributed by atoms with van der Waals surface area (Å²) in [4.78, 5) is 20.6. The number of nitrogens with two attached hydrogens (primary N) is 1. The van der Waals surface area contributed by atoms with Crippen LogP contribution in [0.3, 0.4) is 0 Å². The lowest BCUT2D eigenvalue weighted by Crippen LogP contribution is -2.44. The van der Waals surface area contributed by atoms with Crippen molar-refractivity contribution in [2.75, 3.05) is 17.6 Å². The average Bonchev–Trinajstić information content (AvgIpc) is 2.96. The molecular weight excluding hydrogens is 288 g/mol. The Morgan fingerprint density at radius 1 is 1.62 bits per heavy atom. The zero-order valence-corrected chi connectivity index (χ0v) is 12.5. The maximum Gasteiger partial charge on any atom is 0.264 e. The lowest BCUT2D eigenvalue weighted by molar-refractivity contribution is -0.115. The van der Waals surface area contributed by atoms with Gasteiger partial charge in [0.2, 0.25) is 0 Å². The van der Waals surface area contributed by atoms with Gasteiger partial charge in [-0.1, -0.05) is 0 Å². The minimum atomic E-state index is -0.266. The number of amidine groups is 1. The van der Waals surface area contributed by atoms with E-state index < -0.39 is 0 Å². The van der Waals surface area contributed by atoms with E-state index in [0.29, 0.717) is 10.7 Å². The van der Waals surface area contributed by atoms with Gasteiger partial charge < -0.3 is 26.7 Å². The van der Waals surface area contributed by atoms with E-state index in [1.54, 1.807) is 12.4 Å². The predicted octanol–water partition coefficient (Wildman–Crippen LogP) is 0.154. The topological polar surface area (TPSA) is 107 Å². The number of hydrogen-bond donors (Lipinski definition) is 5. The van der Waals surface area contributed by atoms with Crippen LogP contribution in [0.2, 0.25) is 0 Å². The first kappa shape index (κ1) is 14.0. The van der Waals surface area contributed by atoms with E-state index in [1.807, 2.05) is 13.0 Å². The minimum Gasteiger partial charge on any atom is -0.389 e. The van der Waals surface area contributed by atoms with Crippen LogP contribution in [0.25, 0.3) is 0 Å². The van der Waals surface area contributed by atoms with E-state index in [1.165, 1.54) is 11.8 Å². The van der Waals surface area contributed by atoms with Gasteiger partial charge in [-0.15, -0.1) is 11.8 Å². The van der Waals surface area contributed by atoms with Gasteiger partial charge in [-0.05, 0) is 13.0 Å². The Morgan fingerprint density at radius 2 is 2.48 bits per heavy atom. The lowest BCUT2D eigenvalue weighted by Gasteiger charge is -2.26. The van der Waals surface area contributed by atoms with Crippen molar-refractivity contribution in [2.45, 2.75) is 19.1 Å². The van der Waals surface area contributed by atoms with Crippen molar-refractivity contribution in [1.82, 2.24) is 15.6 Å². The molecule has 1 aromatic rings. The molecular formula is C13H18N6OS. The Balaban J connectivity index is 1.82. The second kappa shape index (κ2) is 5.82. The number of rotatable bonds is 2. The van der Waals surface area contributed by atoms with Gasteiger partial charge in [-0.2, -0.15) is 0 Å². The molecule has 0 saturated carbocycles. The van der Waals surface area contributed by atoms with Gasteiger partial charge in [0, 0.05) is 30.7 Å². The Morgan fingerprint density at radius 3 is 3.19 bits per heavy atom. The molecule has 1 aromatic heterocycles. The van der Waals surface area contributed by atoms with Crippen molar-refractivity contribution in [3.8, 4) is 0 Å². The number of aromatic amines is 1. The third kappa shape index (κ3) is 2.91. The molecule has 112 valence electrons. The second-order valence-electron chi connectivity index (χ2n) is 4.96. The predicted molar refractivity (Wildman–Crippen MR) is 85.1 cm³/mol. The highest BCUT2D eigenvalue weighted by atomic mass is 32.2. The molecule has 0 aliphatic carbocycles. The van der Waals surface area contributed by atoms with Crippen molar-refractivity contribution in [3.05, 3.63) is 28.9 Å². The molecule has 21 heavy (non-hydrogen) atoms. The monoisotopic (exact) mass is 306 g/mol. The summed E-state index contributed by atoms with van der Waals surface area (Å²) in [6.45, 7) is 2.75. The van der Waals surface area contributed by atoms with Crippen LogP contribution in [0.15, 0.2) is 28.4 Å². The first-order valence-corrected chi connectivity index (χ1v) is 7.79. The molecule has 0 unspecified atom stereocenters. The molecule has 2 atom stereocenters. The molecule has 0 fully saturated rings.